The van der Waals surface area contributed by atoms with Gasteiger partial charge in [-0.25, -0.2) is 4.68 Å². The number of nitrogens with zero attached hydrogens (tertiary/aromatic N) is 3. The van der Waals surface area contributed by atoms with Crippen LogP contribution in [0, 0.1) is 0 Å². The van der Waals surface area contributed by atoms with Gasteiger partial charge in [-0.15, -0.1) is 11.8 Å². The number of thioether (sulfide) groups is 1. The van der Waals surface area contributed by atoms with Crippen molar-refractivity contribution in [3.63, 3.8) is 0 Å². The molecule has 5 nitrogen and oxygen atoms in total. The fraction of sp³-hybridized carbons (Fsp3) is 0.154. The molecule has 1 aliphatic rings. The molecule has 1 N–H and O–H groups in total. The predicted octanol–water partition coefficient (Wildman–Crippen LogP) is 5.38. The maximum Gasteiger partial charge on any atom is 0.235 e. The van der Waals surface area contributed by atoms with E-state index in [2.05, 4.69) is 46.6 Å². The number of para-hydroxylation sites is 1. The highest BCUT2D eigenvalue weighted by atomic mass is 32.2. The zero-order chi connectivity index (χ0) is 22.1. The highest BCUT2D eigenvalue weighted by molar-refractivity contribution is 8.00. The molecular formula is C26H24N4OS. The molecule has 0 saturated carbocycles. The SMILES string of the molecule is CN(C)c1ccc(C2SCC(=O)Nc3c2c(-c2ccccc2)nn3-c2ccccc2)cc1. The Kier molecular flexibility index (Phi) is 5.45. The number of amides is 1. The van der Waals surface area contributed by atoms with Gasteiger partial charge in [-0.2, -0.15) is 5.10 Å². The predicted molar refractivity (Wildman–Crippen MR) is 133 cm³/mol. The van der Waals surface area contributed by atoms with Crippen molar-refractivity contribution in [2.24, 2.45) is 0 Å². The molecule has 3 aromatic carbocycles. The molecule has 0 radical (unpaired) electrons. The van der Waals surface area contributed by atoms with Crippen LogP contribution in [-0.2, 0) is 4.79 Å². The summed E-state index contributed by atoms with van der Waals surface area (Å²) in [5.41, 5.74) is 6.17. The molecule has 1 atom stereocenters. The summed E-state index contributed by atoms with van der Waals surface area (Å²) in [4.78, 5) is 14.8. The molecule has 1 amide bonds. The number of anilines is 2. The summed E-state index contributed by atoms with van der Waals surface area (Å²) in [5, 5.41) is 8.13. The zero-order valence-electron chi connectivity index (χ0n) is 18.0. The summed E-state index contributed by atoms with van der Waals surface area (Å²) < 4.78 is 1.86. The summed E-state index contributed by atoms with van der Waals surface area (Å²) in [5.74, 6) is 1.12. The van der Waals surface area contributed by atoms with E-state index in [4.69, 9.17) is 5.10 Å². The molecule has 1 unspecified atom stereocenters. The third-order valence-electron chi connectivity index (χ3n) is 5.58. The molecule has 2 heterocycles. The van der Waals surface area contributed by atoms with Crippen LogP contribution in [0.5, 0.6) is 0 Å². The van der Waals surface area contributed by atoms with Gasteiger partial charge < -0.3 is 10.2 Å². The van der Waals surface area contributed by atoms with Crippen LogP contribution in [0.2, 0.25) is 0 Å². The van der Waals surface area contributed by atoms with Crippen LogP contribution >= 0.6 is 11.8 Å². The Bertz CT molecular complexity index is 1230. The Morgan fingerprint density at radius 1 is 0.938 bits per heavy atom. The summed E-state index contributed by atoms with van der Waals surface area (Å²) >= 11 is 1.64. The third-order valence-corrected chi connectivity index (χ3v) is 6.85. The number of hydrogen-bond acceptors (Lipinski definition) is 4. The minimum Gasteiger partial charge on any atom is -0.378 e. The first-order chi connectivity index (χ1) is 15.6. The standard InChI is InChI=1S/C26H24N4OS/c1-29(2)20-15-13-19(14-16-20)25-23-24(18-9-5-3-6-10-18)28-30(21-11-7-4-8-12-21)26(23)27-22(31)17-32-25/h3-16,25H,17H2,1-2H3,(H,27,31). The number of benzene rings is 3. The van der Waals surface area contributed by atoms with Crippen molar-refractivity contribution in [1.82, 2.24) is 9.78 Å². The molecule has 0 spiro atoms. The van der Waals surface area contributed by atoms with Gasteiger partial charge in [0.1, 0.15) is 5.82 Å². The first-order valence-electron chi connectivity index (χ1n) is 10.5. The van der Waals surface area contributed by atoms with E-state index in [0.29, 0.717) is 5.75 Å². The normalized spacial score (nSPS) is 15.6. The second-order valence-corrected chi connectivity index (χ2v) is 9.04. The molecule has 6 heteroatoms. The molecule has 0 bridgehead atoms. The molecule has 0 fully saturated rings. The topological polar surface area (TPSA) is 50.2 Å². The van der Waals surface area contributed by atoms with E-state index < -0.39 is 0 Å². The molecule has 1 aliphatic heterocycles. The van der Waals surface area contributed by atoms with Crippen molar-refractivity contribution in [2.75, 3.05) is 30.1 Å². The fourth-order valence-electron chi connectivity index (χ4n) is 3.98. The molecule has 1 aromatic heterocycles. The molecule has 160 valence electrons. The van der Waals surface area contributed by atoms with Crippen molar-refractivity contribution < 1.29 is 4.79 Å². The summed E-state index contributed by atoms with van der Waals surface area (Å²) in [6.45, 7) is 0. The van der Waals surface area contributed by atoms with Gasteiger partial charge in [0.05, 0.1) is 22.4 Å². The van der Waals surface area contributed by atoms with E-state index in [1.165, 1.54) is 0 Å². The van der Waals surface area contributed by atoms with Gasteiger partial charge in [0, 0.05) is 30.9 Å². The van der Waals surface area contributed by atoms with Gasteiger partial charge in [-0.3, -0.25) is 4.79 Å². The van der Waals surface area contributed by atoms with Crippen molar-refractivity contribution in [3.8, 4) is 16.9 Å². The van der Waals surface area contributed by atoms with Gasteiger partial charge in [0.25, 0.3) is 0 Å². The van der Waals surface area contributed by atoms with Gasteiger partial charge in [0.2, 0.25) is 5.91 Å². The molecule has 5 rings (SSSR count). The zero-order valence-corrected chi connectivity index (χ0v) is 18.8. The monoisotopic (exact) mass is 440 g/mol. The lowest BCUT2D eigenvalue weighted by Gasteiger charge is -2.18. The van der Waals surface area contributed by atoms with Crippen molar-refractivity contribution in [2.45, 2.75) is 5.25 Å². The van der Waals surface area contributed by atoms with E-state index in [9.17, 15) is 4.79 Å². The average Bonchev–Trinajstić information content (AvgIpc) is 3.10. The highest BCUT2D eigenvalue weighted by Gasteiger charge is 2.32. The van der Waals surface area contributed by atoms with Crippen molar-refractivity contribution >= 4 is 29.2 Å². The van der Waals surface area contributed by atoms with Crippen molar-refractivity contribution in [1.29, 1.82) is 0 Å². The van der Waals surface area contributed by atoms with Crippen molar-refractivity contribution in [3.05, 3.63) is 96.1 Å². The van der Waals surface area contributed by atoms with Crippen LogP contribution < -0.4 is 10.2 Å². The Morgan fingerprint density at radius 3 is 2.25 bits per heavy atom. The number of aromatic nitrogens is 2. The smallest absolute Gasteiger partial charge is 0.235 e. The Labute approximate surface area is 192 Å². The number of carbonyl (C=O) groups is 1. The lowest BCUT2D eigenvalue weighted by molar-refractivity contribution is -0.113. The maximum absolute atomic E-state index is 12.7. The first-order valence-corrected chi connectivity index (χ1v) is 11.6. The number of rotatable bonds is 4. The molecule has 32 heavy (non-hydrogen) atoms. The van der Waals surface area contributed by atoms with E-state index >= 15 is 0 Å². The minimum atomic E-state index is -0.0205. The van der Waals surface area contributed by atoms with Crippen LogP contribution in [0.25, 0.3) is 16.9 Å². The van der Waals surface area contributed by atoms with E-state index in [1.807, 2.05) is 67.3 Å². The highest BCUT2D eigenvalue weighted by Crippen LogP contribution is 2.47. The molecular weight excluding hydrogens is 416 g/mol. The van der Waals surface area contributed by atoms with Crippen LogP contribution in [0.4, 0.5) is 11.5 Å². The fourth-order valence-corrected chi connectivity index (χ4v) is 5.11. The number of carbonyl (C=O) groups excluding carboxylic acids is 1. The number of nitrogens with one attached hydrogen (secondary N) is 1. The first kappa shape index (κ1) is 20.4. The third kappa shape index (κ3) is 3.78. The van der Waals surface area contributed by atoms with E-state index in [1.54, 1.807) is 11.8 Å². The van der Waals surface area contributed by atoms with Crippen LogP contribution in [0.1, 0.15) is 16.4 Å². The summed E-state index contributed by atoms with van der Waals surface area (Å²) in [7, 11) is 4.07. The molecule has 0 saturated heterocycles. The maximum atomic E-state index is 12.7. The number of fused-ring (bicyclic) bond motifs is 1. The minimum absolute atomic E-state index is 0.0136. The van der Waals surface area contributed by atoms with Gasteiger partial charge >= 0.3 is 0 Å². The largest absolute Gasteiger partial charge is 0.378 e. The summed E-state index contributed by atoms with van der Waals surface area (Å²) in [6.07, 6.45) is 0. The second kappa shape index (κ2) is 8.55. The Hall–Kier alpha value is -3.51. The van der Waals surface area contributed by atoms with E-state index in [0.717, 1.165) is 39.6 Å². The Morgan fingerprint density at radius 2 is 1.59 bits per heavy atom. The molecule has 4 aromatic rings. The lowest BCUT2D eigenvalue weighted by Crippen LogP contribution is -2.15. The summed E-state index contributed by atoms with van der Waals surface area (Å²) in [6, 6.07) is 28.7. The second-order valence-electron chi connectivity index (χ2n) is 7.95. The van der Waals surface area contributed by atoms with Crippen LogP contribution in [0.15, 0.2) is 84.9 Å². The van der Waals surface area contributed by atoms with Gasteiger partial charge in [-0.05, 0) is 29.8 Å². The van der Waals surface area contributed by atoms with Crippen LogP contribution in [-0.4, -0.2) is 35.5 Å². The average molecular weight is 441 g/mol. The lowest BCUT2D eigenvalue weighted by atomic mass is 9.99. The van der Waals surface area contributed by atoms with Crippen LogP contribution in [0.3, 0.4) is 0 Å². The molecule has 0 aliphatic carbocycles. The number of hydrogen-bond donors (Lipinski definition) is 1. The van der Waals surface area contributed by atoms with E-state index in [-0.39, 0.29) is 11.2 Å². The quantitative estimate of drug-likeness (QED) is 0.463. The van der Waals surface area contributed by atoms with Gasteiger partial charge in [-0.1, -0.05) is 60.7 Å². The Balaban J connectivity index is 1.74. The van der Waals surface area contributed by atoms with Gasteiger partial charge in [0.15, 0.2) is 0 Å².